The van der Waals surface area contributed by atoms with Gasteiger partial charge in [0.05, 0.1) is 0 Å². The topological polar surface area (TPSA) is 31.4 Å². The third-order valence-corrected chi connectivity index (χ3v) is 4.54. The summed E-state index contributed by atoms with van der Waals surface area (Å²) in [5.74, 6) is 2.00. The van der Waals surface area contributed by atoms with Gasteiger partial charge in [0.2, 0.25) is 0 Å². The third-order valence-electron chi connectivity index (χ3n) is 4.54. The molecule has 2 aliphatic rings. The van der Waals surface area contributed by atoms with E-state index in [4.69, 9.17) is 0 Å². The summed E-state index contributed by atoms with van der Waals surface area (Å²) in [6.45, 7) is 4.49. The highest BCUT2D eigenvalue weighted by molar-refractivity contribution is 5.41. The van der Waals surface area contributed by atoms with Crippen LogP contribution in [-0.2, 0) is 6.54 Å². The quantitative estimate of drug-likeness (QED) is 0.869. The number of hydrogen-bond acceptors (Lipinski definition) is 4. The molecule has 4 nitrogen and oxygen atoms in total. The fourth-order valence-corrected chi connectivity index (χ4v) is 3.15. The molecule has 0 aromatic carbocycles. The fourth-order valence-electron chi connectivity index (χ4n) is 3.15. The molecule has 3 rings (SSSR count). The van der Waals surface area contributed by atoms with E-state index in [1.165, 1.54) is 37.8 Å². The highest BCUT2D eigenvalue weighted by Crippen LogP contribution is 2.23. The molecule has 1 aliphatic heterocycles. The second-order valence-electron chi connectivity index (χ2n) is 6.87. The Kier molecular flexibility index (Phi) is 4.76. The molecular formula is C17H28N4. The second kappa shape index (κ2) is 6.75. The van der Waals surface area contributed by atoms with E-state index < -0.39 is 0 Å². The van der Waals surface area contributed by atoms with Crippen molar-refractivity contribution in [2.24, 2.45) is 5.92 Å². The lowest BCUT2D eigenvalue weighted by Crippen LogP contribution is -2.37. The zero-order valence-corrected chi connectivity index (χ0v) is 13.4. The molecule has 1 aromatic heterocycles. The number of nitrogens with one attached hydrogen (secondary N) is 1. The number of pyridine rings is 1. The molecule has 1 saturated heterocycles. The summed E-state index contributed by atoms with van der Waals surface area (Å²) < 4.78 is 0. The van der Waals surface area contributed by atoms with E-state index in [1.807, 2.05) is 6.20 Å². The van der Waals surface area contributed by atoms with E-state index >= 15 is 0 Å². The van der Waals surface area contributed by atoms with Crippen LogP contribution >= 0.6 is 0 Å². The normalized spacial score (nSPS) is 20.2. The standard InChI is InChI=1S/C17H28N4/c1-20(2)13-14-6-9-21(10-7-14)17-11-15(5-8-18-17)12-19-16-3-4-16/h5,8,11,14,16,19H,3-4,6-7,9-10,12-13H2,1-2H3. The summed E-state index contributed by atoms with van der Waals surface area (Å²) in [5, 5.41) is 3.58. The number of hydrogen-bond donors (Lipinski definition) is 1. The molecule has 0 unspecified atom stereocenters. The molecule has 1 N–H and O–H groups in total. The van der Waals surface area contributed by atoms with E-state index in [2.05, 4.69) is 46.3 Å². The van der Waals surface area contributed by atoms with Crippen molar-refractivity contribution in [2.45, 2.75) is 38.3 Å². The minimum atomic E-state index is 0.767. The van der Waals surface area contributed by atoms with E-state index in [0.717, 1.165) is 37.4 Å². The predicted molar refractivity (Wildman–Crippen MR) is 87.6 cm³/mol. The minimum Gasteiger partial charge on any atom is -0.357 e. The van der Waals surface area contributed by atoms with Crippen molar-refractivity contribution in [3.05, 3.63) is 23.9 Å². The first kappa shape index (κ1) is 14.8. The second-order valence-corrected chi connectivity index (χ2v) is 6.87. The fraction of sp³-hybridized carbons (Fsp3) is 0.706. The van der Waals surface area contributed by atoms with Crippen LogP contribution in [0.5, 0.6) is 0 Å². The molecule has 0 spiro atoms. The average molecular weight is 288 g/mol. The van der Waals surface area contributed by atoms with E-state index in [1.54, 1.807) is 0 Å². The summed E-state index contributed by atoms with van der Waals surface area (Å²) in [6, 6.07) is 5.17. The Morgan fingerprint density at radius 1 is 1.24 bits per heavy atom. The van der Waals surface area contributed by atoms with Gasteiger partial charge in [0, 0.05) is 38.4 Å². The summed E-state index contributed by atoms with van der Waals surface area (Å²) in [5.41, 5.74) is 1.36. The van der Waals surface area contributed by atoms with Crippen LogP contribution in [0, 0.1) is 5.92 Å². The first-order valence-electron chi connectivity index (χ1n) is 8.28. The minimum absolute atomic E-state index is 0.767. The number of anilines is 1. The Morgan fingerprint density at radius 2 is 2.00 bits per heavy atom. The van der Waals surface area contributed by atoms with Crippen molar-refractivity contribution in [3.8, 4) is 0 Å². The number of nitrogens with zero attached hydrogens (tertiary/aromatic N) is 3. The van der Waals surface area contributed by atoms with Crippen LogP contribution in [-0.4, -0.2) is 49.7 Å². The number of rotatable bonds is 6. The van der Waals surface area contributed by atoms with Crippen LogP contribution < -0.4 is 10.2 Å². The highest BCUT2D eigenvalue weighted by atomic mass is 15.2. The van der Waals surface area contributed by atoms with E-state index in [0.29, 0.717) is 0 Å². The molecule has 1 aromatic rings. The third kappa shape index (κ3) is 4.42. The molecule has 1 saturated carbocycles. The molecule has 2 fully saturated rings. The van der Waals surface area contributed by atoms with Crippen molar-refractivity contribution in [3.63, 3.8) is 0 Å². The molecule has 21 heavy (non-hydrogen) atoms. The number of piperidine rings is 1. The lowest BCUT2D eigenvalue weighted by atomic mass is 9.96. The van der Waals surface area contributed by atoms with Gasteiger partial charge in [0.25, 0.3) is 0 Å². The Morgan fingerprint density at radius 3 is 2.67 bits per heavy atom. The maximum atomic E-state index is 4.58. The van der Waals surface area contributed by atoms with Gasteiger partial charge >= 0.3 is 0 Å². The zero-order valence-electron chi connectivity index (χ0n) is 13.4. The molecule has 0 radical (unpaired) electrons. The first-order chi connectivity index (χ1) is 10.2. The largest absolute Gasteiger partial charge is 0.357 e. The van der Waals surface area contributed by atoms with Crippen LogP contribution in [0.1, 0.15) is 31.2 Å². The van der Waals surface area contributed by atoms with Gasteiger partial charge in [-0.15, -0.1) is 0 Å². The Hall–Kier alpha value is -1.13. The van der Waals surface area contributed by atoms with Gasteiger partial charge in [-0.25, -0.2) is 4.98 Å². The van der Waals surface area contributed by atoms with Crippen LogP contribution in [0.15, 0.2) is 18.3 Å². The predicted octanol–water partition coefficient (Wildman–Crippen LogP) is 2.11. The van der Waals surface area contributed by atoms with Crippen molar-refractivity contribution in [1.82, 2.24) is 15.2 Å². The Labute approximate surface area is 128 Å². The first-order valence-corrected chi connectivity index (χ1v) is 8.28. The lowest BCUT2D eigenvalue weighted by Gasteiger charge is -2.34. The Balaban J connectivity index is 1.53. The summed E-state index contributed by atoms with van der Waals surface area (Å²) >= 11 is 0. The van der Waals surface area contributed by atoms with Gasteiger partial charge in [-0.3, -0.25) is 0 Å². The molecular weight excluding hydrogens is 260 g/mol. The van der Waals surface area contributed by atoms with Crippen molar-refractivity contribution in [2.75, 3.05) is 38.6 Å². The van der Waals surface area contributed by atoms with Crippen LogP contribution in [0.2, 0.25) is 0 Å². The van der Waals surface area contributed by atoms with Crippen LogP contribution in [0.4, 0.5) is 5.82 Å². The van der Waals surface area contributed by atoms with Crippen molar-refractivity contribution < 1.29 is 0 Å². The summed E-state index contributed by atoms with van der Waals surface area (Å²) in [4.78, 5) is 9.34. The van der Waals surface area contributed by atoms with E-state index in [-0.39, 0.29) is 0 Å². The summed E-state index contributed by atoms with van der Waals surface area (Å²) in [6.07, 6.45) is 7.22. The van der Waals surface area contributed by atoms with Gasteiger partial charge in [-0.05, 0) is 63.4 Å². The smallest absolute Gasteiger partial charge is 0.128 e. The molecule has 0 atom stereocenters. The average Bonchev–Trinajstić information content (AvgIpc) is 3.30. The van der Waals surface area contributed by atoms with E-state index in [9.17, 15) is 0 Å². The lowest BCUT2D eigenvalue weighted by molar-refractivity contribution is 0.284. The van der Waals surface area contributed by atoms with Gasteiger partial charge < -0.3 is 15.1 Å². The van der Waals surface area contributed by atoms with Crippen LogP contribution in [0.3, 0.4) is 0 Å². The van der Waals surface area contributed by atoms with Gasteiger partial charge in [-0.1, -0.05) is 0 Å². The highest BCUT2D eigenvalue weighted by Gasteiger charge is 2.22. The van der Waals surface area contributed by atoms with Gasteiger partial charge in [0.15, 0.2) is 0 Å². The van der Waals surface area contributed by atoms with Crippen molar-refractivity contribution >= 4 is 5.82 Å². The Bertz CT molecular complexity index is 448. The zero-order chi connectivity index (χ0) is 14.7. The van der Waals surface area contributed by atoms with Crippen molar-refractivity contribution in [1.29, 1.82) is 0 Å². The van der Waals surface area contributed by atoms with Gasteiger partial charge in [-0.2, -0.15) is 0 Å². The molecule has 0 amide bonds. The molecule has 4 heteroatoms. The monoisotopic (exact) mass is 288 g/mol. The maximum Gasteiger partial charge on any atom is 0.128 e. The summed E-state index contributed by atoms with van der Waals surface area (Å²) in [7, 11) is 4.34. The molecule has 116 valence electrons. The SMILES string of the molecule is CN(C)CC1CCN(c2cc(CNC3CC3)ccn2)CC1. The molecule has 2 heterocycles. The number of aromatic nitrogens is 1. The molecule has 0 bridgehead atoms. The van der Waals surface area contributed by atoms with Gasteiger partial charge in [0.1, 0.15) is 5.82 Å². The maximum absolute atomic E-state index is 4.58. The molecule has 1 aliphatic carbocycles. The van der Waals surface area contributed by atoms with Crippen LogP contribution in [0.25, 0.3) is 0 Å².